The number of hydrogen-bond donors (Lipinski definition) is 1. The van der Waals surface area contributed by atoms with Crippen LogP contribution >= 0.6 is 11.3 Å². The standard InChI is InChI=1S/C26H21N5OS/c1-17-10-9-15-22(27-17)23-18(2)33-26(28-23)29-25(32)21-16-31(20-13-7-4-8-14-20)30-24(21)19-11-5-3-6-12-19/h3-16H,1-2H3,(H,28,29,32). The van der Waals surface area contributed by atoms with Crippen LogP contribution in [-0.2, 0) is 0 Å². The molecule has 0 aliphatic rings. The molecule has 0 fully saturated rings. The van der Waals surface area contributed by atoms with Gasteiger partial charge in [-0.15, -0.1) is 11.3 Å². The van der Waals surface area contributed by atoms with E-state index in [9.17, 15) is 4.79 Å². The van der Waals surface area contributed by atoms with Gasteiger partial charge in [-0.2, -0.15) is 5.10 Å². The third kappa shape index (κ3) is 4.31. The maximum Gasteiger partial charge on any atom is 0.261 e. The zero-order valence-electron chi connectivity index (χ0n) is 18.2. The van der Waals surface area contributed by atoms with Crippen molar-refractivity contribution < 1.29 is 4.79 Å². The molecule has 6 nitrogen and oxygen atoms in total. The fraction of sp³-hybridized carbons (Fsp3) is 0.0769. The van der Waals surface area contributed by atoms with E-state index in [2.05, 4.69) is 15.3 Å². The molecule has 7 heteroatoms. The lowest BCUT2D eigenvalue weighted by Gasteiger charge is -2.02. The van der Waals surface area contributed by atoms with Crippen molar-refractivity contribution in [1.29, 1.82) is 0 Å². The summed E-state index contributed by atoms with van der Waals surface area (Å²) in [6.07, 6.45) is 1.76. The molecule has 5 aromatic rings. The Balaban J connectivity index is 1.50. The Bertz CT molecular complexity index is 1420. The number of aryl methyl sites for hydroxylation is 2. The predicted octanol–water partition coefficient (Wildman–Crippen LogP) is 5.93. The van der Waals surface area contributed by atoms with Crippen LogP contribution in [0.15, 0.2) is 85.1 Å². The largest absolute Gasteiger partial charge is 0.298 e. The Hall–Kier alpha value is -4.10. The number of pyridine rings is 1. The molecule has 1 N–H and O–H groups in total. The van der Waals surface area contributed by atoms with Gasteiger partial charge in [0.15, 0.2) is 5.13 Å². The number of hydrogen-bond acceptors (Lipinski definition) is 5. The van der Waals surface area contributed by atoms with E-state index in [1.165, 1.54) is 11.3 Å². The second-order valence-corrected chi connectivity index (χ2v) is 8.78. The average Bonchev–Trinajstić information content (AvgIpc) is 3.44. The number of carbonyl (C=O) groups excluding carboxylic acids is 1. The topological polar surface area (TPSA) is 72.7 Å². The minimum absolute atomic E-state index is 0.256. The van der Waals surface area contributed by atoms with Crippen molar-refractivity contribution in [3.8, 4) is 28.3 Å². The van der Waals surface area contributed by atoms with E-state index >= 15 is 0 Å². The highest BCUT2D eigenvalue weighted by atomic mass is 32.1. The quantitative estimate of drug-likeness (QED) is 0.360. The first-order valence-corrected chi connectivity index (χ1v) is 11.3. The van der Waals surface area contributed by atoms with E-state index in [1.54, 1.807) is 10.9 Å². The molecule has 0 bridgehead atoms. The van der Waals surface area contributed by atoms with Gasteiger partial charge >= 0.3 is 0 Å². The van der Waals surface area contributed by atoms with Crippen molar-refractivity contribution in [3.05, 3.63) is 101 Å². The second kappa shape index (κ2) is 8.80. The molecule has 0 radical (unpaired) electrons. The van der Waals surface area contributed by atoms with Crippen LogP contribution < -0.4 is 5.32 Å². The maximum absolute atomic E-state index is 13.4. The van der Waals surface area contributed by atoms with Crippen molar-refractivity contribution in [1.82, 2.24) is 19.7 Å². The number of carbonyl (C=O) groups is 1. The smallest absolute Gasteiger partial charge is 0.261 e. The molecule has 0 aliphatic heterocycles. The van der Waals surface area contributed by atoms with E-state index in [4.69, 9.17) is 5.10 Å². The monoisotopic (exact) mass is 451 g/mol. The molecular formula is C26H21N5OS. The van der Waals surface area contributed by atoms with Gasteiger partial charge in [-0.25, -0.2) is 9.67 Å². The first kappa shape index (κ1) is 20.8. The molecule has 0 atom stereocenters. The number of para-hydroxylation sites is 1. The van der Waals surface area contributed by atoms with Crippen molar-refractivity contribution in [3.63, 3.8) is 0 Å². The first-order valence-electron chi connectivity index (χ1n) is 10.5. The zero-order valence-corrected chi connectivity index (χ0v) is 19.0. The lowest BCUT2D eigenvalue weighted by molar-refractivity contribution is 0.102. The number of thiazole rings is 1. The summed E-state index contributed by atoms with van der Waals surface area (Å²) in [6, 6.07) is 25.3. The molecule has 0 aliphatic carbocycles. The summed E-state index contributed by atoms with van der Waals surface area (Å²) in [5, 5.41) is 8.22. The zero-order chi connectivity index (χ0) is 22.8. The van der Waals surface area contributed by atoms with Crippen LogP contribution in [0.3, 0.4) is 0 Å². The average molecular weight is 452 g/mol. The number of benzene rings is 2. The molecule has 0 unspecified atom stereocenters. The van der Waals surface area contributed by atoms with Gasteiger partial charge in [0, 0.05) is 22.3 Å². The van der Waals surface area contributed by atoms with Crippen molar-refractivity contribution in [2.45, 2.75) is 13.8 Å². The van der Waals surface area contributed by atoms with Crippen molar-refractivity contribution >= 4 is 22.4 Å². The van der Waals surface area contributed by atoms with E-state index < -0.39 is 0 Å². The second-order valence-electron chi connectivity index (χ2n) is 7.58. The molecule has 0 saturated heterocycles. The fourth-order valence-corrected chi connectivity index (χ4v) is 4.41. The molecule has 162 valence electrons. The highest BCUT2D eigenvalue weighted by Gasteiger charge is 2.21. The first-order chi connectivity index (χ1) is 16.1. The van der Waals surface area contributed by atoms with Crippen LogP contribution in [0.25, 0.3) is 28.3 Å². The summed E-state index contributed by atoms with van der Waals surface area (Å²) in [5.41, 5.74) is 5.35. The van der Waals surface area contributed by atoms with Crippen LogP contribution in [0.5, 0.6) is 0 Å². The van der Waals surface area contributed by atoms with Gasteiger partial charge in [-0.3, -0.25) is 15.1 Å². The Labute approximate surface area is 195 Å². The molecular weight excluding hydrogens is 430 g/mol. The summed E-state index contributed by atoms with van der Waals surface area (Å²) in [7, 11) is 0. The summed E-state index contributed by atoms with van der Waals surface area (Å²) in [4.78, 5) is 23.6. The van der Waals surface area contributed by atoms with Crippen LogP contribution in [0, 0.1) is 13.8 Å². The lowest BCUT2D eigenvalue weighted by atomic mass is 10.1. The van der Waals surface area contributed by atoms with Gasteiger partial charge in [0.1, 0.15) is 11.4 Å². The predicted molar refractivity (Wildman–Crippen MR) is 132 cm³/mol. The Morgan fingerprint density at radius 2 is 1.58 bits per heavy atom. The van der Waals surface area contributed by atoms with Gasteiger partial charge in [0.25, 0.3) is 5.91 Å². The maximum atomic E-state index is 13.4. The minimum atomic E-state index is -0.256. The SMILES string of the molecule is Cc1cccc(-c2nc(NC(=O)c3cn(-c4ccccc4)nc3-c3ccccc3)sc2C)n1. The minimum Gasteiger partial charge on any atom is -0.298 e. The van der Waals surface area contributed by atoms with Gasteiger partial charge in [0.05, 0.1) is 16.9 Å². The number of amides is 1. The fourth-order valence-electron chi connectivity index (χ4n) is 3.59. The molecule has 3 aromatic heterocycles. The van der Waals surface area contributed by atoms with Gasteiger partial charge in [0.2, 0.25) is 0 Å². The number of aromatic nitrogens is 4. The van der Waals surface area contributed by atoms with Crippen LogP contribution in [0.4, 0.5) is 5.13 Å². The molecule has 2 aromatic carbocycles. The molecule has 0 spiro atoms. The van der Waals surface area contributed by atoms with E-state index in [1.807, 2.05) is 92.7 Å². The van der Waals surface area contributed by atoms with Gasteiger partial charge < -0.3 is 0 Å². The van der Waals surface area contributed by atoms with Crippen LogP contribution in [-0.4, -0.2) is 25.7 Å². The van der Waals surface area contributed by atoms with Crippen molar-refractivity contribution in [2.75, 3.05) is 5.32 Å². The molecule has 0 saturated carbocycles. The highest BCUT2D eigenvalue weighted by Crippen LogP contribution is 2.31. The molecule has 5 rings (SSSR count). The van der Waals surface area contributed by atoms with Crippen LogP contribution in [0.2, 0.25) is 0 Å². The summed E-state index contributed by atoms with van der Waals surface area (Å²) in [5.74, 6) is -0.256. The molecule has 3 heterocycles. The number of nitrogens with zero attached hydrogens (tertiary/aromatic N) is 4. The van der Waals surface area contributed by atoms with Crippen LogP contribution in [0.1, 0.15) is 20.9 Å². The van der Waals surface area contributed by atoms with Crippen molar-refractivity contribution in [2.24, 2.45) is 0 Å². The normalized spacial score (nSPS) is 10.8. The Morgan fingerprint density at radius 1 is 0.848 bits per heavy atom. The Morgan fingerprint density at radius 3 is 2.30 bits per heavy atom. The molecule has 1 amide bonds. The van der Waals surface area contributed by atoms with E-state index in [-0.39, 0.29) is 5.91 Å². The molecule has 33 heavy (non-hydrogen) atoms. The third-order valence-corrected chi connectivity index (χ3v) is 6.06. The number of rotatable bonds is 5. The number of anilines is 1. The Kier molecular flexibility index (Phi) is 5.54. The van der Waals surface area contributed by atoms with E-state index in [0.717, 1.165) is 33.2 Å². The van der Waals surface area contributed by atoms with Gasteiger partial charge in [-0.05, 0) is 38.1 Å². The summed E-state index contributed by atoms with van der Waals surface area (Å²) < 4.78 is 1.73. The third-order valence-electron chi connectivity index (χ3n) is 5.17. The van der Waals surface area contributed by atoms with E-state index in [0.29, 0.717) is 16.4 Å². The lowest BCUT2D eigenvalue weighted by Crippen LogP contribution is -2.12. The number of nitrogens with one attached hydrogen (secondary N) is 1. The van der Waals surface area contributed by atoms with Gasteiger partial charge in [-0.1, -0.05) is 54.6 Å². The summed E-state index contributed by atoms with van der Waals surface area (Å²) in [6.45, 7) is 3.93. The summed E-state index contributed by atoms with van der Waals surface area (Å²) >= 11 is 1.43. The highest BCUT2D eigenvalue weighted by molar-refractivity contribution is 7.16.